The van der Waals surface area contributed by atoms with Crippen molar-refractivity contribution in [2.24, 2.45) is 0 Å². The van der Waals surface area contributed by atoms with Gasteiger partial charge in [0.05, 0.1) is 0 Å². The highest BCUT2D eigenvalue weighted by atomic mass is 16.5. The van der Waals surface area contributed by atoms with Gasteiger partial charge in [-0.2, -0.15) is 0 Å². The number of carbonyl (C=O) groups is 2. The molecule has 208 valence electrons. The Morgan fingerprint density at radius 3 is 1.21 bits per heavy atom. The minimum Gasteiger partial charge on any atom is -0.423 e. The van der Waals surface area contributed by atoms with Crippen LogP contribution in [0.4, 0.5) is 0 Å². The molecule has 4 aromatic rings. The van der Waals surface area contributed by atoms with Crippen molar-refractivity contribution >= 4 is 11.9 Å². The maximum absolute atomic E-state index is 11.6. The van der Waals surface area contributed by atoms with Gasteiger partial charge in [0.15, 0.2) is 0 Å². The third-order valence-corrected chi connectivity index (χ3v) is 5.98. The lowest BCUT2D eigenvalue weighted by molar-refractivity contribution is -0.130. The molecule has 0 amide bonds. The SMILES string of the molecule is C=C(C)C(=O)Oc1ccc(C#Cc2ccc(C#Cc3ccc(C#Cc4ccc(OC(=O)C(=C)C)cc4)c(C)c3)cc2)cc1. The first-order valence-electron chi connectivity index (χ1n) is 13.4. The van der Waals surface area contributed by atoms with Gasteiger partial charge in [0.25, 0.3) is 0 Å². The van der Waals surface area contributed by atoms with Crippen molar-refractivity contribution in [3.05, 3.63) is 154 Å². The van der Waals surface area contributed by atoms with Crippen molar-refractivity contribution in [3.63, 3.8) is 0 Å². The number of esters is 2. The molecule has 0 aliphatic heterocycles. The zero-order valence-corrected chi connectivity index (χ0v) is 24.2. The van der Waals surface area contributed by atoms with Gasteiger partial charge in [-0.05, 0) is 117 Å². The van der Waals surface area contributed by atoms with Crippen LogP contribution in [0.5, 0.6) is 11.5 Å². The van der Waals surface area contributed by atoms with Crippen LogP contribution in [0.15, 0.2) is 115 Å². The van der Waals surface area contributed by atoms with Crippen LogP contribution in [0, 0.1) is 42.4 Å². The van der Waals surface area contributed by atoms with Crippen molar-refractivity contribution in [2.75, 3.05) is 0 Å². The largest absolute Gasteiger partial charge is 0.423 e. The third kappa shape index (κ3) is 8.99. The summed E-state index contributed by atoms with van der Waals surface area (Å²) in [6.45, 7) is 12.4. The zero-order valence-electron chi connectivity index (χ0n) is 24.2. The molecular formula is C39H28O4. The Balaban J connectivity index is 1.36. The highest BCUT2D eigenvalue weighted by molar-refractivity contribution is 5.89. The second-order valence-electron chi connectivity index (χ2n) is 9.75. The quantitative estimate of drug-likeness (QED) is 0.115. The fraction of sp³-hybridized carbons (Fsp3) is 0.0769. The Morgan fingerprint density at radius 2 is 0.837 bits per heavy atom. The Labute approximate surface area is 252 Å². The molecule has 43 heavy (non-hydrogen) atoms. The molecule has 0 aromatic heterocycles. The van der Waals surface area contributed by atoms with E-state index in [9.17, 15) is 9.59 Å². The van der Waals surface area contributed by atoms with Gasteiger partial charge in [-0.25, -0.2) is 9.59 Å². The van der Waals surface area contributed by atoms with Crippen molar-refractivity contribution in [1.29, 1.82) is 0 Å². The number of hydrogen-bond acceptors (Lipinski definition) is 4. The second-order valence-corrected chi connectivity index (χ2v) is 9.75. The summed E-state index contributed by atoms with van der Waals surface area (Å²) < 4.78 is 10.4. The fourth-order valence-electron chi connectivity index (χ4n) is 3.55. The van der Waals surface area contributed by atoms with E-state index in [0.29, 0.717) is 22.6 Å². The minimum absolute atomic E-state index is 0.345. The van der Waals surface area contributed by atoms with E-state index in [0.717, 1.165) is 38.9 Å². The summed E-state index contributed by atoms with van der Waals surface area (Å²) in [5.41, 5.74) is 6.89. The molecular weight excluding hydrogens is 532 g/mol. The molecule has 0 saturated heterocycles. The lowest BCUT2D eigenvalue weighted by atomic mass is 10.0. The van der Waals surface area contributed by atoms with E-state index in [1.165, 1.54) is 0 Å². The van der Waals surface area contributed by atoms with Gasteiger partial charge in [-0.1, -0.05) is 48.7 Å². The molecule has 0 unspecified atom stereocenters. The van der Waals surface area contributed by atoms with Gasteiger partial charge in [0.1, 0.15) is 11.5 Å². The van der Waals surface area contributed by atoms with Crippen LogP contribution in [-0.4, -0.2) is 11.9 Å². The minimum atomic E-state index is -0.454. The van der Waals surface area contributed by atoms with Crippen LogP contribution in [0.25, 0.3) is 0 Å². The van der Waals surface area contributed by atoms with Gasteiger partial charge in [0.2, 0.25) is 0 Å². The average molecular weight is 561 g/mol. The first kappa shape index (κ1) is 30.0. The Hall–Kier alpha value is -6.02. The number of benzene rings is 4. The smallest absolute Gasteiger partial charge is 0.338 e. The molecule has 4 heteroatoms. The summed E-state index contributed by atoms with van der Waals surface area (Å²) in [6, 6.07) is 27.7. The Kier molecular flexibility index (Phi) is 9.79. The van der Waals surface area contributed by atoms with Crippen LogP contribution >= 0.6 is 0 Å². The predicted molar refractivity (Wildman–Crippen MR) is 169 cm³/mol. The third-order valence-electron chi connectivity index (χ3n) is 5.98. The first-order chi connectivity index (χ1) is 20.7. The van der Waals surface area contributed by atoms with E-state index in [1.807, 2.05) is 61.5 Å². The van der Waals surface area contributed by atoms with Crippen LogP contribution in [0.2, 0.25) is 0 Å². The molecule has 0 aliphatic rings. The molecule has 0 heterocycles. The number of hydrogen-bond donors (Lipinski definition) is 0. The van der Waals surface area contributed by atoms with Crippen molar-refractivity contribution in [3.8, 4) is 47.0 Å². The van der Waals surface area contributed by atoms with Gasteiger partial charge in [-0.3, -0.25) is 0 Å². The van der Waals surface area contributed by atoms with E-state index >= 15 is 0 Å². The lowest BCUT2D eigenvalue weighted by Gasteiger charge is -2.03. The molecule has 0 saturated carbocycles. The molecule has 0 spiro atoms. The normalized spacial score (nSPS) is 9.56. The predicted octanol–water partition coefficient (Wildman–Crippen LogP) is 7.16. The summed E-state index contributed by atoms with van der Waals surface area (Å²) in [5.74, 6) is 19.0. The van der Waals surface area contributed by atoms with Crippen LogP contribution in [0.1, 0.15) is 52.8 Å². The summed E-state index contributed by atoms with van der Waals surface area (Å²) in [6.07, 6.45) is 0. The van der Waals surface area contributed by atoms with E-state index in [1.54, 1.807) is 50.2 Å². The lowest BCUT2D eigenvalue weighted by Crippen LogP contribution is -2.07. The van der Waals surface area contributed by atoms with Crippen molar-refractivity contribution < 1.29 is 19.1 Å². The zero-order chi connectivity index (χ0) is 30.8. The van der Waals surface area contributed by atoms with Gasteiger partial charge < -0.3 is 9.47 Å². The van der Waals surface area contributed by atoms with Crippen LogP contribution in [-0.2, 0) is 9.59 Å². The number of rotatable bonds is 4. The van der Waals surface area contributed by atoms with Crippen LogP contribution in [0.3, 0.4) is 0 Å². The van der Waals surface area contributed by atoms with E-state index in [2.05, 4.69) is 48.7 Å². The maximum Gasteiger partial charge on any atom is 0.338 e. The highest BCUT2D eigenvalue weighted by Crippen LogP contribution is 2.15. The van der Waals surface area contributed by atoms with E-state index in [4.69, 9.17) is 9.47 Å². The summed E-state index contributed by atoms with van der Waals surface area (Å²) in [5, 5.41) is 0. The van der Waals surface area contributed by atoms with Crippen molar-refractivity contribution in [2.45, 2.75) is 20.8 Å². The molecule has 0 fully saturated rings. The van der Waals surface area contributed by atoms with E-state index in [-0.39, 0.29) is 0 Å². The summed E-state index contributed by atoms with van der Waals surface area (Å²) >= 11 is 0. The van der Waals surface area contributed by atoms with E-state index < -0.39 is 11.9 Å². The fourth-order valence-corrected chi connectivity index (χ4v) is 3.55. The topological polar surface area (TPSA) is 52.6 Å². The summed E-state index contributed by atoms with van der Waals surface area (Å²) in [7, 11) is 0. The van der Waals surface area contributed by atoms with Gasteiger partial charge >= 0.3 is 11.9 Å². The van der Waals surface area contributed by atoms with Gasteiger partial charge in [-0.15, -0.1) is 0 Å². The molecule has 4 aromatic carbocycles. The molecule has 4 nitrogen and oxygen atoms in total. The Morgan fingerprint density at radius 1 is 0.512 bits per heavy atom. The average Bonchev–Trinajstić information content (AvgIpc) is 3.00. The monoisotopic (exact) mass is 560 g/mol. The van der Waals surface area contributed by atoms with Gasteiger partial charge in [0, 0.05) is 44.5 Å². The standard InChI is InChI=1S/C39H28O4/c1-27(2)38(40)42-36-22-16-32(17-23-36)11-10-30-6-8-31(9-7-30)12-13-34-15-21-35(29(5)26-34)20-14-33-18-24-37(25-19-33)43-39(41)28(3)4/h6-9,15-19,21-26H,1,3H2,2,4-5H3. The molecule has 0 radical (unpaired) electrons. The molecule has 0 N–H and O–H groups in total. The first-order valence-corrected chi connectivity index (χ1v) is 13.4. The molecule has 4 rings (SSSR count). The Bertz CT molecular complexity index is 1890. The molecule has 0 bridgehead atoms. The number of ether oxygens (including phenoxy) is 2. The highest BCUT2D eigenvalue weighted by Gasteiger charge is 2.05. The van der Waals surface area contributed by atoms with Crippen molar-refractivity contribution in [1.82, 2.24) is 0 Å². The second kappa shape index (κ2) is 14.0. The maximum atomic E-state index is 11.6. The number of aryl methyl sites for hydroxylation is 1. The summed E-state index contributed by atoms with van der Waals surface area (Å²) in [4.78, 5) is 23.3. The number of carbonyl (C=O) groups excluding carboxylic acids is 2. The molecule has 0 atom stereocenters. The van der Waals surface area contributed by atoms with Crippen LogP contribution < -0.4 is 9.47 Å². The molecule has 0 aliphatic carbocycles.